The van der Waals surface area contributed by atoms with Crippen LogP contribution in [-0.4, -0.2) is 40.1 Å². The van der Waals surface area contributed by atoms with Crippen molar-refractivity contribution in [1.82, 2.24) is 20.0 Å². The summed E-state index contributed by atoms with van der Waals surface area (Å²) in [4.78, 5) is 32.7. The van der Waals surface area contributed by atoms with Crippen molar-refractivity contribution in [2.45, 2.75) is 46.0 Å². The highest BCUT2D eigenvalue weighted by Crippen LogP contribution is 2.29. The van der Waals surface area contributed by atoms with E-state index in [1.807, 2.05) is 29.9 Å². The number of hydrogen-bond acceptors (Lipinski definition) is 6. The van der Waals surface area contributed by atoms with Crippen molar-refractivity contribution in [3.8, 4) is 11.3 Å². The monoisotopic (exact) mass is 532 g/mol. The van der Waals surface area contributed by atoms with Gasteiger partial charge in [-0.3, -0.25) is 19.2 Å². The zero-order valence-electron chi connectivity index (χ0n) is 22.6. The van der Waals surface area contributed by atoms with Gasteiger partial charge in [-0.2, -0.15) is 0 Å². The van der Waals surface area contributed by atoms with Gasteiger partial charge in [0.2, 0.25) is 5.91 Å². The molecule has 0 spiro atoms. The van der Waals surface area contributed by atoms with Crippen molar-refractivity contribution in [2.24, 2.45) is 0 Å². The minimum Gasteiger partial charge on any atom is -0.343 e. The summed E-state index contributed by atoms with van der Waals surface area (Å²) < 4.78 is 1.65. The van der Waals surface area contributed by atoms with Crippen LogP contribution in [0, 0.1) is 0 Å². The fraction of sp³-hybridized carbons (Fsp3) is 0.310. The third kappa shape index (κ3) is 8.55. The first-order valence-corrected chi connectivity index (χ1v) is 13.5. The summed E-state index contributed by atoms with van der Waals surface area (Å²) in [6.07, 6.45) is 9.43. The van der Waals surface area contributed by atoms with Crippen LogP contribution in [0.1, 0.15) is 55.6 Å². The Morgan fingerprint density at radius 2 is 1.84 bits per heavy atom. The van der Waals surface area contributed by atoms with E-state index >= 15 is 0 Å². The molecule has 200 valence electrons. The summed E-state index contributed by atoms with van der Waals surface area (Å²) in [5.74, 6) is -0.635. The Labute approximate surface area is 228 Å². The number of carbonyl (C=O) groups excluding carboxylic acids is 2. The van der Waals surface area contributed by atoms with Crippen LogP contribution in [0.15, 0.2) is 72.6 Å². The lowest BCUT2D eigenvalue weighted by atomic mass is 9.86. The van der Waals surface area contributed by atoms with Gasteiger partial charge in [-0.25, -0.2) is 4.98 Å². The molecule has 3 N–H and O–H groups in total. The van der Waals surface area contributed by atoms with Crippen molar-refractivity contribution in [2.75, 3.05) is 24.3 Å². The van der Waals surface area contributed by atoms with Gasteiger partial charge in [0.15, 0.2) is 5.13 Å². The normalized spacial score (nSPS) is 10.8. The first-order chi connectivity index (χ1) is 18.2. The second kappa shape index (κ2) is 13.5. The number of benzene rings is 1. The highest BCUT2D eigenvalue weighted by molar-refractivity contribution is 7.14. The maximum Gasteiger partial charge on any atom is 0.253 e. The molecule has 38 heavy (non-hydrogen) atoms. The molecular formula is C29H36N6O2S. The Morgan fingerprint density at radius 3 is 2.50 bits per heavy atom. The van der Waals surface area contributed by atoms with Crippen LogP contribution in [0.4, 0.5) is 5.13 Å². The number of anilines is 1. The van der Waals surface area contributed by atoms with Gasteiger partial charge in [0, 0.05) is 42.8 Å². The van der Waals surface area contributed by atoms with Crippen molar-refractivity contribution in [3.05, 3.63) is 89.3 Å². The lowest BCUT2D eigenvalue weighted by molar-refractivity contribution is -0.115. The maximum atomic E-state index is 12.2. The zero-order chi connectivity index (χ0) is 27.5. The number of nitrogens with zero attached hydrogens (tertiary/aromatic N) is 3. The summed E-state index contributed by atoms with van der Waals surface area (Å²) >= 11 is 1.36. The third-order valence-corrected chi connectivity index (χ3v) is 6.44. The highest BCUT2D eigenvalue weighted by atomic mass is 32.1. The van der Waals surface area contributed by atoms with Gasteiger partial charge in [-0.15, -0.1) is 11.3 Å². The number of hydrogen-bond donors (Lipinski definition) is 3. The maximum absolute atomic E-state index is 12.2. The standard InChI is InChI=1S/C21H25N5O2S.C8H11N/c1-21(2,3)16-7-5-6-14(10-16)17-13-29-20(24-17)25-18(27)11-23-19(28)15-8-9-26(12-15)22-4;1-2-3-8-4-6-9-7-5-8/h5-10,12-13,22H,11H2,1-4H3,(H,23,28)(H,24,25,27);4-7H,2-3H2,1H3. The van der Waals surface area contributed by atoms with Gasteiger partial charge < -0.3 is 16.1 Å². The molecule has 4 aromatic rings. The molecule has 4 rings (SSSR count). The van der Waals surface area contributed by atoms with Gasteiger partial charge in [-0.05, 0) is 47.2 Å². The van der Waals surface area contributed by atoms with Gasteiger partial charge in [-0.1, -0.05) is 52.3 Å². The van der Waals surface area contributed by atoms with Gasteiger partial charge in [0.05, 0.1) is 17.8 Å². The van der Waals surface area contributed by atoms with Crippen molar-refractivity contribution < 1.29 is 9.59 Å². The number of carbonyl (C=O) groups is 2. The zero-order valence-corrected chi connectivity index (χ0v) is 23.4. The molecule has 0 aliphatic rings. The van der Waals surface area contributed by atoms with E-state index in [0.717, 1.165) is 11.3 Å². The molecular weight excluding hydrogens is 496 g/mol. The van der Waals surface area contributed by atoms with Crippen LogP contribution in [0.3, 0.4) is 0 Å². The molecule has 8 nitrogen and oxygen atoms in total. The molecule has 0 atom stereocenters. The van der Waals surface area contributed by atoms with Crippen LogP contribution in [-0.2, 0) is 16.6 Å². The molecule has 0 unspecified atom stereocenters. The predicted octanol–water partition coefficient (Wildman–Crippen LogP) is 5.49. The molecule has 0 aliphatic carbocycles. The lowest BCUT2D eigenvalue weighted by Crippen LogP contribution is -2.32. The summed E-state index contributed by atoms with van der Waals surface area (Å²) in [7, 11) is 1.75. The molecule has 3 aromatic heterocycles. The molecule has 1 aromatic carbocycles. The van der Waals surface area contributed by atoms with E-state index in [1.54, 1.807) is 30.2 Å². The molecule has 0 radical (unpaired) electrons. The number of amides is 2. The Kier molecular flexibility index (Phi) is 10.2. The van der Waals surface area contributed by atoms with Crippen molar-refractivity contribution in [3.63, 3.8) is 0 Å². The minimum atomic E-state index is -0.323. The fourth-order valence-electron chi connectivity index (χ4n) is 3.54. The molecule has 0 saturated heterocycles. The SMILES string of the molecule is CCCc1ccncc1.CNn1ccc(C(=O)NCC(=O)Nc2nc(-c3cccc(C(C)(C)C)c3)cs2)c1. The van der Waals surface area contributed by atoms with E-state index in [9.17, 15) is 9.59 Å². The molecule has 0 aliphatic heterocycles. The largest absolute Gasteiger partial charge is 0.343 e. The average Bonchev–Trinajstić information content (AvgIpc) is 3.58. The second-order valence-electron chi connectivity index (χ2n) is 9.74. The van der Waals surface area contributed by atoms with Crippen LogP contribution in [0.5, 0.6) is 0 Å². The van der Waals surface area contributed by atoms with Gasteiger partial charge >= 0.3 is 0 Å². The molecule has 2 amide bonds. The number of nitrogens with one attached hydrogen (secondary N) is 3. The van der Waals surface area contributed by atoms with Gasteiger partial charge in [0.1, 0.15) is 0 Å². The summed E-state index contributed by atoms with van der Waals surface area (Å²) in [6, 6.07) is 14.0. The third-order valence-electron chi connectivity index (χ3n) is 5.69. The Balaban J connectivity index is 0.000000375. The van der Waals surface area contributed by atoms with Crippen molar-refractivity contribution >= 4 is 28.3 Å². The second-order valence-corrected chi connectivity index (χ2v) is 10.6. The number of thiazole rings is 1. The molecule has 3 heterocycles. The first-order valence-electron chi connectivity index (χ1n) is 12.6. The first kappa shape index (κ1) is 28.6. The topological polar surface area (TPSA) is 101 Å². The van der Waals surface area contributed by atoms with E-state index in [1.165, 1.54) is 35.3 Å². The number of pyridine rings is 1. The fourth-order valence-corrected chi connectivity index (χ4v) is 4.28. The van der Waals surface area contributed by atoms with E-state index in [2.05, 4.69) is 78.0 Å². The summed E-state index contributed by atoms with van der Waals surface area (Å²) in [5, 5.41) is 7.75. The average molecular weight is 533 g/mol. The van der Waals surface area contributed by atoms with E-state index in [-0.39, 0.29) is 23.8 Å². The summed E-state index contributed by atoms with van der Waals surface area (Å²) in [6.45, 7) is 8.56. The van der Waals surface area contributed by atoms with Crippen LogP contribution >= 0.6 is 11.3 Å². The lowest BCUT2D eigenvalue weighted by Gasteiger charge is -2.19. The number of rotatable bonds is 8. The highest BCUT2D eigenvalue weighted by Gasteiger charge is 2.15. The smallest absolute Gasteiger partial charge is 0.253 e. The van der Waals surface area contributed by atoms with Crippen LogP contribution < -0.4 is 16.1 Å². The molecule has 0 saturated carbocycles. The minimum absolute atomic E-state index is 0.0510. The molecule has 9 heteroatoms. The van der Waals surface area contributed by atoms with E-state index < -0.39 is 0 Å². The Morgan fingerprint density at radius 1 is 1.08 bits per heavy atom. The van der Waals surface area contributed by atoms with E-state index in [0.29, 0.717) is 10.7 Å². The number of aryl methyl sites for hydroxylation is 1. The van der Waals surface area contributed by atoms with Crippen LogP contribution in [0.25, 0.3) is 11.3 Å². The number of aromatic nitrogens is 3. The van der Waals surface area contributed by atoms with Gasteiger partial charge in [0.25, 0.3) is 5.91 Å². The van der Waals surface area contributed by atoms with Crippen LogP contribution in [0.2, 0.25) is 0 Å². The van der Waals surface area contributed by atoms with E-state index in [4.69, 9.17) is 0 Å². The Bertz CT molecular complexity index is 1320. The Hall–Kier alpha value is -3.98. The molecule has 0 fully saturated rings. The summed E-state index contributed by atoms with van der Waals surface area (Å²) in [5.41, 5.74) is 7.83. The molecule has 0 bridgehead atoms. The van der Waals surface area contributed by atoms with Crippen molar-refractivity contribution in [1.29, 1.82) is 0 Å². The predicted molar refractivity (Wildman–Crippen MR) is 155 cm³/mol. The quantitative estimate of drug-likeness (QED) is 0.279.